The minimum Gasteiger partial charge on any atom is -0.492 e. The summed E-state index contributed by atoms with van der Waals surface area (Å²) in [7, 11) is 0. The predicted molar refractivity (Wildman–Crippen MR) is 145 cm³/mol. The lowest BCUT2D eigenvalue weighted by molar-refractivity contribution is 0.0526. The van der Waals surface area contributed by atoms with Crippen LogP contribution in [0.25, 0.3) is 0 Å². The van der Waals surface area contributed by atoms with E-state index < -0.39 is 0 Å². The molecule has 0 radical (unpaired) electrons. The number of benzene rings is 2. The third-order valence-electron chi connectivity index (χ3n) is 5.49. The van der Waals surface area contributed by atoms with Crippen molar-refractivity contribution in [1.29, 1.82) is 0 Å². The topological polar surface area (TPSA) is 51.1 Å². The Kier molecular flexibility index (Phi) is 8.58. The molecule has 0 saturated heterocycles. The lowest BCUT2D eigenvalue weighted by atomic mass is 10.0. The van der Waals surface area contributed by atoms with Crippen LogP contribution in [0.15, 0.2) is 56.4 Å². The highest BCUT2D eigenvalue weighted by Crippen LogP contribution is 2.40. The fraction of sp³-hybridized carbons (Fsp3) is 0.308. The van der Waals surface area contributed by atoms with Crippen LogP contribution in [-0.4, -0.2) is 36.8 Å². The molecule has 1 aliphatic rings. The molecule has 2 heterocycles. The highest BCUT2D eigenvalue weighted by atomic mass is 79.9. The van der Waals surface area contributed by atoms with Crippen molar-refractivity contribution in [2.75, 3.05) is 19.8 Å². The largest absolute Gasteiger partial charge is 0.492 e. The number of aliphatic imine (C=N–C) groups is 1. The van der Waals surface area contributed by atoms with Crippen LogP contribution in [-0.2, 0) is 24.2 Å². The maximum Gasteiger partial charge on any atom is 0.341 e. The van der Waals surface area contributed by atoms with Crippen molar-refractivity contribution in [2.24, 2.45) is 4.99 Å². The summed E-state index contributed by atoms with van der Waals surface area (Å²) in [5.74, 6) is 0.467. The van der Waals surface area contributed by atoms with Gasteiger partial charge in [0.15, 0.2) is 0 Å². The first-order valence-electron chi connectivity index (χ1n) is 11.2. The smallest absolute Gasteiger partial charge is 0.341 e. The molecule has 0 saturated carbocycles. The van der Waals surface area contributed by atoms with Crippen molar-refractivity contribution in [3.8, 4) is 5.75 Å². The number of carbonyl (C=O) groups is 1. The van der Waals surface area contributed by atoms with Gasteiger partial charge in [0, 0.05) is 30.7 Å². The monoisotopic (exact) mass is 604 g/mol. The summed E-state index contributed by atoms with van der Waals surface area (Å²) >= 11 is 8.72. The lowest BCUT2D eigenvalue weighted by Gasteiger charge is -2.27. The van der Waals surface area contributed by atoms with E-state index in [1.165, 1.54) is 10.4 Å². The zero-order chi connectivity index (χ0) is 24.1. The Labute approximate surface area is 221 Å². The van der Waals surface area contributed by atoms with Crippen LogP contribution in [0, 0.1) is 0 Å². The number of hydrogen-bond acceptors (Lipinski definition) is 6. The lowest BCUT2D eigenvalue weighted by Crippen LogP contribution is -2.29. The zero-order valence-electron chi connectivity index (χ0n) is 19.1. The Balaban J connectivity index is 1.62. The average molecular weight is 606 g/mol. The summed E-state index contributed by atoms with van der Waals surface area (Å²) in [6, 6.07) is 14.4. The Bertz CT molecular complexity index is 1170. The summed E-state index contributed by atoms with van der Waals surface area (Å²) < 4.78 is 12.8. The van der Waals surface area contributed by atoms with Crippen molar-refractivity contribution in [2.45, 2.75) is 33.4 Å². The van der Waals surface area contributed by atoms with Gasteiger partial charge in [-0.1, -0.05) is 30.3 Å². The molecule has 0 atom stereocenters. The molecule has 1 aliphatic heterocycles. The van der Waals surface area contributed by atoms with Crippen molar-refractivity contribution < 1.29 is 14.3 Å². The molecule has 5 nitrogen and oxygen atoms in total. The van der Waals surface area contributed by atoms with Crippen LogP contribution in [0.2, 0.25) is 0 Å². The number of carbonyl (C=O) groups excluding carboxylic acids is 1. The minimum absolute atomic E-state index is 0.294. The predicted octanol–water partition coefficient (Wildman–Crippen LogP) is 7.16. The van der Waals surface area contributed by atoms with E-state index in [1.54, 1.807) is 17.6 Å². The van der Waals surface area contributed by atoms with Gasteiger partial charge >= 0.3 is 5.97 Å². The van der Waals surface area contributed by atoms with Crippen LogP contribution in [0.4, 0.5) is 5.00 Å². The zero-order valence-corrected chi connectivity index (χ0v) is 23.1. The van der Waals surface area contributed by atoms with E-state index in [9.17, 15) is 4.79 Å². The first kappa shape index (κ1) is 25.1. The molecule has 0 bridgehead atoms. The number of nitrogens with zero attached hydrogens (tertiary/aromatic N) is 2. The Morgan fingerprint density at radius 3 is 2.56 bits per heavy atom. The van der Waals surface area contributed by atoms with Gasteiger partial charge in [-0.15, -0.1) is 11.3 Å². The van der Waals surface area contributed by atoms with E-state index in [4.69, 9.17) is 14.5 Å². The van der Waals surface area contributed by atoms with Gasteiger partial charge in [-0.25, -0.2) is 9.79 Å². The molecule has 34 heavy (non-hydrogen) atoms. The molecule has 8 heteroatoms. The van der Waals surface area contributed by atoms with Crippen molar-refractivity contribution in [3.05, 3.63) is 78.5 Å². The van der Waals surface area contributed by atoms with Crippen LogP contribution in [0.3, 0.4) is 0 Å². The van der Waals surface area contributed by atoms with Gasteiger partial charge in [0.1, 0.15) is 10.8 Å². The summed E-state index contributed by atoms with van der Waals surface area (Å²) in [6.07, 6.45) is 2.59. The van der Waals surface area contributed by atoms with Gasteiger partial charge in [-0.3, -0.25) is 4.90 Å². The molecular weight excluding hydrogens is 580 g/mol. The molecular formula is C26H26Br2N2O3S. The van der Waals surface area contributed by atoms with Gasteiger partial charge in [0.2, 0.25) is 0 Å². The molecule has 0 amide bonds. The van der Waals surface area contributed by atoms with E-state index in [1.807, 2.05) is 32.0 Å². The van der Waals surface area contributed by atoms with Crippen molar-refractivity contribution in [1.82, 2.24) is 4.90 Å². The first-order valence-corrected chi connectivity index (χ1v) is 13.6. The molecule has 3 aromatic rings. The fourth-order valence-corrected chi connectivity index (χ4v) is 6.67. The van der Waals surface area contributed by atoms with Crippen LogP contribution < -0.4 is 4.74 Å². The second kappa shape index (κ2) is 11.6. The third kappa shape index (κ3) is 5.79. The van der Waals surface area contributed by atoms with E-state index in [-0.39, 0.29) is 5.97 Å². The highest BCUT2D eigenvalue weighted by Gasteiger charge is 2.28. The van der Waals surface area contributed by atoms with E-state index >= 15 is 0 Å². The number of ether oxygens (including phenoxy) is 2. The Morgan fingerprint density at radius 2 is 1.88 bits per heavy atom. The van der Waals surface area contributed by atoms with Gasteiger partial charge in [0.25, 0.3) is 0 Å². The van der Waals surface area contributed by atoms with E-state index in [0.29, 0.717) is 23.8 Å². The van der Waals surface area contributed by atoms with Gasteiger partial charge in [-0.05, 0) is 81.0 Å². The molecule has 4 rings (SSSR count). The molecule has 0 unspecified atom stereocenters. The fourth-order valence-electron chi connectivity index (χ4n) is 3.99. The van der Waals surface area contributed by atoms with Crippen LogP contribution in [0.5, 0.6) is 5.75 Å². The van der Waals surface area contributed by atoms with E-state index in [0.717, 1.165) is 51.9 Å². The molecule has 0 aliphatic carbocycles. The van der Waals surface area contributed by atoms with Crippen LogP contribution in [0.1, 0.15) is 45.8 Å². The molecule has 0 fully saturated rings. The Hall–Kier alpha value is -2.00. The quantitative estimate of drug-likeness (QED) is 0.202. The third-order valence-corrected chi connectivity index (χ3v) is 7.79. The molecule has 2 aromatic carbocycles. The number of fused-ring (bicyclic) bond motifs is 1. The number of hydrogen-bond donors (Lipinski definition) is 0. The second-order valence-electron chi connectivity index (χ2n) is 7.86. The van der Waals surface area contributed by atoms with Crippen molar-refractivity contribution in [3.63, 3.8) is 0 Å². The molecule has 0 spiro atoms. The highest BCUT2D eigenvalue weighted by molar-refractivity contribution is 9.11. The standard InChI is InChI=1S/C26H26Br2N2O3S/c1-3-32-24-20(27)12-18(13-21(24)28)14-29-25-23(26(31)33-4-2)19-10-11-30(16-22(19)34-25)15-17-8-6-5-7-9-17/h5-9,12-14H,3-4,10-11,15-16H2,1-2H3. The van der Waals surface area contributed by atoms with E-state index in [2.05, 4.69) is 61.0 Å². The SMILES string of the molecule is CCOC(=O)c1c(N=Cc2cc(Br)c(OCC)c(Br)c2)sc2c1CCN(Cc1ccccc1)C2. The van der Waals surface area contributed by atoms with Crippen molar-refractivity contribution >= 4 is 60.4 Å². The molecule has 0 N–H and O–H groups in total. The van der Waals surface area contributed by atoms with Gasteiger partial charge in [0.05, 0.1) is 27.7 Å². The Morgan fingerprint density at radius 1 is 1.15 bits per heavy atom. The summed E-state index contributed by atoms with van der Waals surface area (Å²) in [5.41, 5.74) is 3.88. The minimum atomic E-state index is -0.294. The molecule has 1 aromatic heterocycles. The summed E-state index contributed by atoms with van der Waals surface area (Å²) in [6.45, 7) is 7.28. The number of thiophene rings is 1. The van der Waals surface area contributed by atoms with Crippen LogP contribution >= 0.6 is 43.2 Å². The normalized spacial score (nSPS) is 13.8. The average Bonchev–Trinajstić information content (AvgIpc) is 3.18. The van der Waals surface area contributed by atoms with Gasteiger partial charge < -0.3 is 9.47 Å². The summed E-state index contributed by atoms with van der Waals surface area (Å²) in [4.78, 5) is 21.2. The first-order chi connectivity index (χ1) is 16.5. The number of rotatable bonds is 8. The molecule has 178 valence electrons. The number of esters is 1. The summed E-state index contributed by atoms with van der Waals surface area (Å²) in [5, 5.41) is 0.700. The number of halogens is 2. The second-order valence-corrected chi connectivity index (χ2v) is 10.6. The van der Waals surface area contributed by atoms with Gasteiger partial charge in [-0.2, -0.15) is 0 Å². The maximum atomic E-state index is 12.9. The maximum absolute atomic E-state index is 12.9.